The van der Waals surface area contributed by atoms with Crippen molar-refractivity contribution in [2.75, 3.05) is 5.73 Å². The van der Waals surface area contributed by atoms with Crippen LogP contribution in [0.15, 0.2) is 66.7 Å². The van der Waals surface area contributed by atoms with Crippen molar-refractivity contribution in [1.29, 1.82) is 0 Å². The van der Waals surface area contributed by atoms with Crippen LogP contribution in [0.4, 0.5) is 5.69 Å². The van der Waals surface area contributed by atoms with E-state index in [1.54, 1.807) is 0 Å². The standard InChI is InChI=1S/C20H13N/c21-16-7-9-17-15(11-16)10-14-5-4-12-2-1-3-13-6-8-18(17)20(14)19(12)13/h1-11H,21H2. The van der Waals surface area contributed by atoms with Gasteiger partial charge in [-0.2, -0.15) is 0 Å². The second-order valence-electron chi connectivity index (χ2n) is 5.71. The molecule has 0 saturated carbocycles. The molecule has 5 rings (SSSR count). The minimum Gasteiger partial charge on any atom is -0.399 e. The van der Waals surface area contributed by atoms with E-state index in [9.17, 15) is 0 Å². The monoisotopic (exact) mass is 267 g/mol. The summed E-state index contributed by atoms with van der Waals surface area (Å²) in [5.41, 5.74) is 6.76. The van der Waals surface area contributed by atoms with Crippen molar-refractivity contribution in [1.82, 2.24) is 0 Å². The summed E-state index contributed by atoms with van der Waals surface area (Å²) < 4.78 is 0. The zero-order valence-electron chi connectivity index (χ0n) is 11.4. The molecule has 98 valence electrons. The Hall–Kier alpha value is -2.80. The van der Waals surface area contributed by atoms with Crippen molar-refractivity contribution in [3.8, 4) is 0 Å². The van der Waals surface area contributed by atoms with E-state index < -0.39 is 0 Å². The summed E-state index contributed by atoms with van der Waals surface area (Å²) in [6.07, 6.45) is 0. The van der Waals surface area contributed by atoms with E-state index >= 15 is 0 Å². The van der Waals surface area contributed by atoms with Gasteiger partial charge in [0, 0.05) is 5.69 Å². The van der Waals surface area contributed by atoms with E-state index in [-0.39, 0.29) is 0 Å². The fourth-order valence-corrected chi connectivity index (χ4v) is 3.57. The average molecular weight is 267 g/mol. The molecular formula is C20H13N. The normalized spacial score (nSPS) is 12.0. The molecule has 0 fully saturated rings. The third kappa shape index (κ3) is 1.35. The number of fused-ring (bicyclic) bond motifs is 2. The predicted molar refractivity (Wildman–Crippen MR) is 92.1 cm³/mol. The molecular weight excluding hydrogens is 254 g/mol. The second kappa shape index (κ2) is 3.64. The lowest BCUT2D eigenvalue weighted by Crippen LogP contribution is -1.87. The topological polar surface area (TPSA) is 26.0 Å². The third-order valence-corrected chi connectivity index (χ3v) is 4.49. The lowest BCUT2D eigenvalue weighted by molar-refractivity contribution is 1.76. The van der Waals surface area contributed by atoms with Crippen molar-refractivity contribution in [3.05, 3.63) is 66.7 Å². The Morgan fingerprint density at radius 1 is 0.524 bits per heavy atom. The number of anilines is 1. The SMILES string of the molecule is Nc1ccc2c(c1)cc1ccc3cccc4ccc2c1c34. The molecule has 0 heterocycles. The summed E-state index contributed by atoms with van der Waals surface area (Å²) in [6.45, 7) is 0. The summed E-state index contributed by atoms with van der Waals surface area (Å²) >= 11 is 0. The molecule has 0 saturated heterocycles. The first-order valence-electron chi connectivity index (χ1n) is 7.17. The molecule has 21 heavy (non-hydrogen) atoms. The van der Waals surface area contributed by atoms with Gasteiger partial charge in [0.05, 0.1) is 0 Å². The molecule has 5 aromatic carbocycles. The van der Waals surface area contributed by atoms with Gasteiger partial charge in [0.1, 0.15) is 0 Å². The molecule has 0 unspecified atom stereocenters. The van der Waals surface area contributed by atoms with Crippen LogP contribution in [0.25, 0.3) is 43.1 Å². The molecule has 1 nitrogen and oxygen atoms in total. The van der Waals surface area contributed by atoms with Gasteiger partial charge >= 0.3 is 0 Å². The number of nitrogen functional groups attached to an aromatic ring is 1. The molecule has 0 spiro atoms. The number of hydrogen-bond donors (Lipinski definition) is 1. The minimum atomic E-state index is 0.815. The molecule has 0 aliphatic carbocycles. The summed E-state index contributed by atoms with van der Waals surface area (Å²) in [6, 6.07) is 23.8. The van der Waals surface area contributed by atoms with Gasteiger partial charge in [-0.1, -0.05) is 48.5 Å². The van der Waals surface area contributed by atoms with Gasteiger partial charge in [0.2, 0.25) is 0 Å². The second-order valence-corrected chi connectivity index (χ2v) is 5.71. The Morgan fingerprint density at radius 3 is 2.10 bits per heavy atom. The van der Waals surface area contributed by atoms with Gasteiger partial charge in [-0.3, -0.25) is 0 Å². The number of nitrogens with two attached hydrogens (primary N) is 1. The van der Waals surface area contributed by atoms with Crippen LogP contribution in [0.2, 0.25) is 0 Å². The van der Waals surface area contributed by atoms with Gasteiger partial charge in [0.15, 0.2) is 0 Å². The molecule has 0 aliphatic rings. The summed E-state index contributed by atoms with van der Waals surface area (Å²) in [5.74, 6) is 0. The van der Waals surface area contributed by atoms with Crippen LogP contribution < -0.4 is 5.73 Å². The van der Waals surface area contributed by atoms with Crippen molar-refractivity contribution in [2.24, 2.45) is 0 Å². The Bertz CT molecular complexity index is 1120. The Balaban J connectivity index is 2.18. The number of benzene rings is 5. The van der Waals surface area contributed by atoms with E-state index in [0.717, 1.165) is 5.69 Å². The van der Waals surface area contributed by atoms with Gasteiger partial charge < -0.3 is 5.73 Å². The van der Waals surface area contributed by atoms with E-state index in [2.05, 4.69) is 60.7 Å². The van der Waals surface area contributed by atoms with Gasteiger partial charge in [-0.25, -0.2) is 0 Å². The quantitative estimate of drug-likeness (QED) is 0.229. The summed E-state index contributed by atoms with van der Waals surface area (Å²) in [4.78, 5) is 0. The van der Waals surface area contributed by atoms with E-state index in [4.69, 9.17) is 5.73 Å². The first-order valence-corrected chi connectivity index (χ1v) is 7.17. The van der Waals surface area contributed by atoms with Crippen LogP contribution in [0, 0.1) is 0 Å². The fourth-order valence-electron chi connectivity index (χ4n) is 3.57. The zero-order chi connectivity index (χ0) is 14.0. The van der Waals surface area contributed by atoms with Crippen molar-refractivity contribution in [2.45, 2.75) is 0 Å². The van der Waals surface area contributed by atoms with Crippen molar-refractivity contribution >= 4 is 48.8 Å². The lowest BCUT2D eigenvalue weighted by atomic mass is 9.91. The number of hydrogen-bond acceptors (Lipinski definition) is 1. The Morgan fingerprint density at radius 2 is 1.24 bits per heavy atom. The molecule has 0 atom stereocenters. The minimum absolute atomic E-state index is 0.815. The van der Waals surface area contributed by atoms with E-state index in [0.29, 0.717) is 0 Å². The molecule has 0 aromatic heterocycles. The highest BCUT2D eigenvalue weighted by Crippen LogP contribution is 2.38. The highest BCUT2D eigenvalue weighted by atomic mass is 14.5. The molecule has 1 heteroatoms. The highest BCUT2D eigenvalue weighted by Gasteiger charge is 2.10. The largest absolute Gasteiger partial charge is 0.399 e. The molecule has 5 aromatic rings. The van der Waals surface area contributed by atoms with E-state index in [1.807, 2.05) is 6.07 Å². The molecule has 0 aliphatic heterocycles. The van der Waals surface area contributed by atoms with Crippen LogP contribution in [-0.4, -0.2) is 0 Å². The lowest BCUT2D eigenvalue weighted by Gasteiger charge is -2.13. The molecule has 0 bridgehead atoms. The fraction of sp³-hybridized carbons (Fsp3) is 0. The molecule has 2 N–H and O–H groups in total. The van der Waals surface area contributed by atoms with Gasteiger partial charge in [0.25, 0.3) is 0 Å². The maximum Gasteiger partial charge on any atom is 0.0320 e. The molecule has 0 amide bonds. The van der Waals surface area contributed by atoms with Crippen molar-refractivity contribution < 1.29 is 0 Å². The van der Waals surface area contributed by atoms with Crippen LogP contribution in [-0.2, 0) is 0 Å². The Kier molecular flexibility index (Phi) is 1.90. The zero-order valence-corrected chi connectivity index (χ0v) is 11.4. The first kappa shape index (κ1) is 10.9. The third-order valence-electron chi connectivity index (χ3n) is 4.49. The predicted octanol–water partition coefficient (Wildman–Crippen LogP) is 5.32. The van der Waals surface area contributed by atoms with Crippen molar-refractivity contribution in [3.63, 3.8) is 0 Å². The molecule has 0 radical (unpaired) electrons. The van der Waals surface area contributed by atoms with Crippen LogP contribution in [0.5, 0.6) is 0 Å². The van der Waals surface area contributed by atoms with Crippen LogP contribution in [0.3, 0.4) is 0 Å². The maximum atomic E-state index is 5.94. The highest BCUT2D eigenvalue weighted by molar-refractivity contribution is 6.28. The van der Waals surface area contributed by atoms with Gasteiger partial charge in [-0.05, 0) is 61.3 Å². The summed E-state index contributed by atoms with van der Waals surface area (Å²) in [7, 11) is 0. The Labute approximate surface area is 121 Å². The van der Waals surface area contributed by atoms with Gasteiger partial charge in [-0.15, -0.1) is 0 Å². The summed E-state index contributed by atoms with van der Waals surface area (Å²) in [5, 5.41) is 10.4. The van der Waals surface area contributed by atoms with Crippen LogP contribution >= 0.6 is 0 Å². The average Bonchev–Trinajstić information content (AvgIpc) is 2.51. The number of rotatable bonds is 0. The maximum absolute atomic E-state index is 5.94. The smallest absolute Gasteiger partial charge is 0.0320 e. The van der Waals surface area contributed by atoms with E-state index in [1.165, 1.54) is 43.1 Å². The van der Waals surface area contributed by atoms with Crippen LogP contribution in [0.1, 0.15) is 0 Å². The first-order chi connectivity index (χ1) is 10.3.